The first kappa shape index (κ1) is 19.4. The number of hydrogen-bond donors (Lipinski definition) is 2. The highest BCUT2D eigenvalue weighted by atomic mass is 79.9. The van der Waals surface area contributed by atoms with E-state index >= 15 is 0 Å². The molecule has 1 aliphatic heterocycles. The van der Waals surface area contributed by atoms with E-state index < -0.39 is 0 Å². The first-order valence-electron chi connectivity index (χ1n) is 7.49. The fourth-order valence-corrected chi connectivity index (χ4v) is 2.92. The Morgan fingerprint density at radius 1 is 0.864 bits per heavy atom. The molecule has 0 bridgehead atoms. The van der Waals surface area contributed by atoms with Crippen LogP contribution in [0.25, 0.3) is 0 Å². The summed E-state index contributed by atoms with van der Waals surface area (Å²) in [6.45, 7) is 3.06. The fraction of sp³-hybridized carbons (Fsp3) is 0.333. The number of fused-ring (bicyclic) bond motifs is 1. The van der Waals surface area contributed by atoms with Crippen molar-refractivity contribution in [3.05, 3.63) is 71.3 Å². The zero-order chi connectivity index (χ0) is 13.6. The van der Waals surface area contributed by atoms with Crippen LogP contribution in [0.2, 0.25) is 0 Å². The van der Waals surface area contributed by atoms with Crippen LogP contribution in [0, 0.1) is 0 Å². The number of halogens is 2. The first-order valence-corrected chi connectivity index (χ1v) is 7.49. The molecule has 0 saturated carbocycles. The zero-order valence-electron chi connectivity index (χ0n) is 12.6. The molecule has 0 aliphatic carbocycles. The van der Waals surface area contributed by atoms with E-state index in [0.29, 0.717) is 6.04 Å². The standard InChI is InChI=1S/C18H22N2.2BrH/c1-2-6-15(7-3-1)10-11-18-17-9-5-4-8-16(17)14-19-12-13-20-18;;/h1-9,18-20H,10-14H2;2*1H. The molecule has 4 heteroatoms. The van der Waals surface area contributed by atoms with Crippen LogP contribution in [0.4, 0.5) is 0 Å². The number of benzene rings is 2. The van der Waals surface area contributed by atoms with Gasteiger partial charge in [-0.3, -0.25) is 0 Å². The Hall–Kier alpha value is -0.680. The van der Waals surface area contributed by atoms with Crippen LogP contribution in [-0.2, 0) is 13.0 Å². The summed E-state index contributed by atoms with van der Waals surface area (Å²) in [5, 5.41) is 7.16. The molecule has 1 atom stereocenters. The average molecular weight is 428 g/mol. The van der Waals surface area contributed by atoms with Crippen molar-refractivity contribution in [1.82, 2.24) is 10.6 Å². The maximum absolute atomic E-state index is 3.69. The van der Waals surface area contributed by atoms with E-state index in [0.717, 1.165) is 32.5 Å². The first-order chi connectivity index (χ1) is 9.93. The summed E-state index contributed by atoms with van der Waals surface area (Å²) in [4.78, 5) is 0. The molecule has 2 aromatic rings. The highest BCUT2D eigenvalue weighted by molar-refractivity contribution is 8.93. The van der Waals surface area contributed by atoms with Gasteiger partial charge in [-0.15, -0.1) is 34.0 Å². The van der Waals surface area contributed by atoms with Crippen LogP contribution in [0.1, 0.15) is 29.2 Å². The molecule has 22 heavy (non-hydrogen) atoms. The average Bonchev–Trinajstić information content (AvgIpc) is 2.49. The van der Waals surface area contributed by atoms with Gasteiger partial charge in [-0.05, 0) is 29.5 Å². The molecule has 1 heterocycles. The van der Waals surface area contributed by atoms with Gasteiger partial charge in [0.25, 0.3) is 0 Å². The second kappa shape index (κ2) is 10.2. The topological polar surface area (TPSA) is 24.1 Å². The summed E-state index contributed by atoms with van der Waals surface area (Å²) in [6, 6.07) is 20.0. The highest BCUT2D eigenvalue weighted by Gasteiger charge is 2.16. The van der Waals surface area contributed by atoms with Gasteiger partial charge in [0.1, 0.15) is 0 Å². The summed E-state index contributed by atoms with van der Waals surface area (Å²) in [5.41, 5.74) is 4.31. The SMILES string of the molecule is Br.Br.c1ccc(CCC2NCCNCc3ccccc32)cc1. The minimum absolute atomic E-state index is 0. The third-order valence-electron chi connectivity index (χ3n) is 4.00. The van der Waals surface area contributed by atoms with Gasteiger partial charge in [0, 0.05) is 25.7 Å². The van der Waals surface area contributed by atoms with Crippen molar-refractivity contribution in [2.75, 3.05) is 13.1 Å². The summed E-state index contributed by atoms with van der Waals surface area (Å²) in [6.07, 6.45) is 2.28. The third kappa shape index (κ3) is 5.20. The van der Waals surface area contributed by atoms with E-state index in [-0.39, 0.29) is 34.0 Å². The van der Waals surface area contributed by atoms with Crippen molar-refractivity contribution in [1.29, 1.82) is 0 Å². The summed E-state index contributed by atoms with van der Waals surface area (Å²) in [7, 11) is 0. The second-order valence-electron chi connectivity index (χ2n) is 5.41. The van der Waals surface area contributed by atoms with E-state index in [9.17, 15) is 0 Å². The van der Waals surface area contributed by atoms with Gasteiger partial charge in [0.2, 0.25) is 0 Å². The molecule has 0 amide bonds. The Kier molecular flexibility index (Phi) is 8.95. The molecule has 3 rings (SSSR count). The Balaban J connectivity index is 0.00000121. The van der Waals surface area contributed by atoms with E-state index in [1.54, 1.807) is 0 Å². The molecular weight excluding hydrogens is 404 g/mol. The zero-order valence-corrected chi connectivity index (χ0v) is 16.1. The fourth-order valence-electron chi connectivity index (χ4n) is 2.92. The Bertz CT molecular complexity index is 546. The lowest BCUT2D eigenvalue weighted by molar-refractivity contribution is 0.469. The molecule has 1 unspecified atom stereocenters. The van der Waals surface area contributed by atoms with Gasteiger partial charge < -0.3 is 10.6 Å². The smallest absolute Gasteiger partial charge is 0.0327 e. The summed E-state index contributed by atoms with van der Waals surface area (Å²) < 4.78 is 0. The van der Waals surface area contributed by atoms with Crippen LogP contribution in [0.3, 0.4) is 0 Å². The third-order valence-corrected chi connectivity index (χ3v) is 4.00. The maximum atomic E-state index is 3.69. The number of nitrogens with one attached hydrogen (secondary N) is 2. The number of rotatable bonds is 3. The highest BCUT2D eigenvalue weighted by Crippen LogP contribution is 2.23. The van der Waals surface area contributed by atoms with Gasteiger partial charge in [0.05, 0.1) is 0 Å². The van der Waals surface area contributed by atoms with Crippen molar-refractivity contribution >= 4 is 34.0 Å². The monoisotopic (exact) mass is 426 g/mol. The normalized spacial score (nSPS) is 17.2. The molecule has 2 aromatic carbocycles. The lowest BCUT2D eigenvalue weighted by atomic mass is 9.94. The van der Waals surface area contributed by atoms with Gasteiger partial charge in [-0.1, -0.05) is 54.6 Å². The Morgan fingerprint density at radius 2 is 1.59 bits per heavy atom. The van der Waals surface area contributed by atoms with Gasteiger partial charge >= 0.3 is 0 Å². The van der Waals surface area contributed by atoms with Crippen LogP contribution >= 0.6 is 34.0 Å². The molecule has 0 fully saturated rings. The quantitative estimate of drug-likeness (QED) is 0.766. The minimum Gasteiger partial charge on any atom is -0.311 e. The number of aryl methyl sites for hydroxylation is 1. The predicted octanol–water partition coefficient (Wildman–Crippen LogP) is 4.21. The van der Waals surface area contributed by atoms with E-state index in [2.05, 4.69) is 65.2 Å². The molecule has 120 valence electrons. The van der Waals surface area contributed by atoms with E-state index in [1.165, 1.54) is 16.7 Å². The van der Waals surface area contributed by atoms with Crippen LogP contribution in [-0.4, -0.2) is 13.1 Å². The molecule has 0 radical (unpaired) electrons. The molecule has 2 N–H and O–H groups in total. The van der Waals surface area contributed by atoms with E-state index in [1.807, 2.05) is 0 Å². The number of hydrogen-bond acceptors (Lipinski definition) is 2. The van der Waals surface area contributed by atoms with Gasteiger partial charge in [0.15, 0.2) is 0 Å². The van der Waals surface area contributed by atoms with Crippen molar-refractivity contribution in [3.8, 4) is 0 Å². The summed E-state index contributed by atoms with van der Waals surface area (Å²) >= 11 is 0. The Labute approximate surface area is 154 Å². The molecule has 1 aliphatic rings. The van der Waals surface area contributed by atoms with Crippen molar-refractivity contribution in [3.63, 3.8) is 0 Å². The largest absolute Gasteiger partial charge is 0.311 e. The molecule has 0 spiro atoms. The van der Waals surface area contributed by atoms with Crippen LogP contribution < -0.4 is 10.6 Å². The maximum Gasteiger partial charge on any atom is 0.0327 e. The Morgan fingerprint density at radius 3 is 2.41 bits per heavy atom. The van der Waals surface area contributed by atoms with Crippen LogP contribution in [0.5, 0.6) is 0 Å². The van der Waals surface area contributed by atoms with Crippen molar-refractivity contribution in [2.45, 2.75) is 25.4 Å². The molecule has 2 nitrogen and oxygen atoms in total. The molecular formula is C18H24Br2N2. The lowest BCUT2D eigenvalue weighted by Crippen LogP contribution is -2.34. The van der Waals surface area contributed by atoms with Crippen LogP contribution in [0.15, 0.2) is 54.6 Å². The molecule has 0 saturated heterocycles. The van der Waals surface area contributed by atoms with Gasteiger partial charge in [-0.2, -0.15) is 0 Å². The van der Waals surface area contributed by atoms with Crippen molar-refractivity contribution < 1.29 is 0 Å². The van der Waals surface area contributed by atoms with E-state index in [4.69, 9.17) is 0 Å². The summed E-state index contributed by atoms with van der Waals surface area (Å²) in [5.74, 6) is 0. The van der Waals surface area contributed by atoms with Gasteiger partial charge in [-0.25, -0.2) is 0 Å². The molecule has 0 aromatic heterocycles. The minimum atomic E-state index is 0. The predicted molar refractivity (Wildman–Crippen MR) is 104 cm³/mol. The van der Waals surface area contributed by atoms with Crippen molar-refractivity contribution in [2.24, 2.45) is 0 Å². The second-order valence-corrected chi connectivity index (χ2v) is 5.41. The lowest BCUT2D eigenvalue weighted by Gasteiger charge is -2.25.